The highest BCUT2D eigenvalue weighted by atomic mass is 16.7. The first kappa shape index (κ1) is 12.7. The summed E-state index contributed by atoms with van der Waals surface area (Å²) in [6.45, 7) is 3.60. The van der Waals surface area contributed by atoms with E-state index in [1.54, 1.807) is 0 Å². The fourth-order valence-electron chi connectivity index (χ4n) is 2.86. The Morgan fingerprint density at radius 1 is 1.47 bits per heavy atom. The van der Waals surface area contributed by atoms with Crippen LogP contribution in [-0.4, -0.2) is 55.0 Å². The molecule has 5 nitrogen and oxygen atoms in total. The highest BCUT2D eigenvalue weighted by Crippen LogP contribution is 2.21. The first-order chi connectivity index (χ1) is 9.22. The Morgan fingerprint density at radius 3 is 3.11 bits per heavy atom. The lowest BCUT2D eigenvalue weighted by molar-refractivity contribution is -0.129. The van der Waals surface area contributed by atoms with Crippen LogP contribution in [0, 0.1) is 0 Å². The van der Waals surface area contributed by atoms with E-state index >= 15 is 0 Å². The molecule has 1 unspecified atom stereocenters. The van der Waals surface area contributed by atoms with Crippen LogP contribution < -0.4 is 5.48 Å². The number of likely N-dealkylation sites (tertiary alicyclic amines) is 1. The highest BCUT2D eigenvalue weighted by Gasteiger charge is 2.27. The lowest BCUT2D eigenvalue weighted by Gasteiger charge is -2.23. The van der Waals surface area contributed by atoms with Crippen LogP contribution in [-0.2, 0) is 9.63 Å². The minimum absolute atomic E-state index is 0.0230. The third-order valence-electron chi connectivity index (χ3n) is 3.93. The van der Waals surface area contributed by atoms with Crippen molar-refractivity contribution < 1.29 is 9.63 Å². The number of amides is 1. The van der Waals surface area contributed by atoms with Gasteiger partial charge < -0.3 is 9.80 Å². The third-order valence-corrected chi connectivity index (χ3v) is 3.93. The predicted molar refractivity (Wildman–Crippen MR) is 72.1 cm³/mol. The molecule has 3 aliphatic heterocycles. The molecule has 3 heterocycles. The van der Waals surface area contributed by atoms with Crippen LogP contribution in [0.4, 0.5) is 0 Å². The van der Waals surface area contributed by atoms with Gasteiger partial charge >= 0.3 is 0 Å². The van der Waals surface area contributed by atoms with Gasteiger partial charge in [-0.05, 0) is 31.5 Å². The molecule has 0 aliphatic carbocycles. The summed E-state index contributed by atoms with van der Waals surface area (Å²) in [7, 11) is 2.13. The zero-order chi connectivity index (χ0) is 13.2. The molecule has 0 aromatic carbocycles. The number of hydrogen-bond acceptors (Lipinski definition) is 4. The molecule has 104 valence electrons. The fourth-order valence-corrected chi connectivity index (χ4v) is 2.86. The monoisotopic (exact) mass is 263 g/mol. The van der Waals surface area contributed by atoms with Crippen LogP contribution in [0.25, 0.3) is 0 Å². The van der Waals surface area contributed by atoms with E-state index in [1.807, 2.05) is 4.90 Å². The van der Waals surface area contributed by atoms with E-state index in [-0.39, 0.29) is 12.0 Å². The van der Waals surface area contributed by atoms with Crippen molar-refractivity contribution >= 4 is 5.91 Å². The summed E-state index contributed by atoms with van der Waals surface area (Å²) in [5.41, 5.74) is 5.38. The van der Waals surface area contributed by atoms with Crippen LogP contribution in [0.5, 0.6) is 0 Å². The van der Waals surface area contributed by atoms with Crippen molar-refractivity contribution in [1.82, 2.24) is 15.3 Å². The van der Waals surface area contributed by atoms with Crippen LogP contribution in [0.3, 0.4) is 0 Å². The molecule has 1 amide bonds. The normalized spacial score (nSPS) is 28.4. The summed E-state index contributed by atoms with van der Waals surface area (Å²) in [4.78, 5) is 21.4. The van der Waals surface area contributed by atoms with Crippen LogP contribution >= 0.6 is 0 Å². The maximum atomic E-state index is 11.6. The fraction of sp³-hybridized carbons (Fsp3) is 0.643. The van der Waals surface area contributed by atoms with Gasteiger partial charge in [0, 0.05) is 26.1 Å². The number of hydrogen-bond donors (Lipinski definition) is 1. The number of hydroxylamine groups is 1. The minimum atomic E-state index is -0.0230. The van der Waals surface area contributed by atoms with Gasteiger partial charge in [-0.25, -0.2) is 0 Å². The molecule has 3 aliphatic rings. The molecule has 3 rings (SSSR count). The van der Waals surface area contributed by atoms with Crippen LogP contribution in [0.2, 0.25) is 0 Å². The standard InChI is InChI=1S/C14H21N3O2/c1-16-6-2-4-11(9-16)13-8-12(19-15-13)10-17-7-3-5-14(17)18/h4,8,12,15H,2-3,5-7,9-10H2,1H3. The van der Waals surface area contributed by atoms with Gasteiger partial charge in [0.15, 0.2) is 0 Å². The zero-order valence-corrected chi connectivity index (χ0v) is 11.4. The Balaban J connectivity index is 1.61. The average Bonchev–Trinajstić information content (AvgIpc) is 3.00. The smallest absolute Gasteiger partial charge is 0.222 e. The number of carbonyl (C=O) groups is 1. The van der Waals surface area contributed by atoms with E-state index in [0.717, 1.165) is 38.2 Å². The molecule has 19 heavy (non-hydrogen) atoms. The summed E-state index contributed by atoms with van der Waals surface area (Å²) in [6.07, 6.45) is 7.10. The Morgan fingerprint density at radius 2 is 2.37 bits per heavy atom. The molecule has 0 saturated carbocycles. The molecular formula is C14H21N3O2. The molecule has 1 saturated heterocycles. The molecule has 0 bridgehead atoms. The molecule has 1 N–H and O–H groups in total. The van der Waals surface area contributed by atoms with E-state index in [2.05, 4.69) is 29.6 Å². The van der Waals surface area contributed by atoms with Gasteiger partial charge in [-0.3, -0.25) is 15.1 Å². The van der Waals surface area contributed by atoms with Gasteiger partial charge in [0.25, 0.3) is 0 Å². The van der Waals surface area contributed by atoms with Crippen molar-refractivity contribution in [3.63, 3.8) is 0 Å². The van der Waals surface area contributed by atoms with E-state index in [1.165, 1.54) is 5.57 Å². The lowest BCUT2D eigenvalue weighted by atomic mass is 10.1. The first-order valence-electron chi connectivity index (χ1n) is 7.01. The highest BCUT2D eigenvalue weighted by molar-refractivity contribution is 5.78. The van der Waals surface area contributed by atoms with Gasteiger partial charge in [-0.1, -0.05) is 6.08 Å². The second-order valence-electron chi connectivity index (χ2n) is 5.54. The molecule has 0 spiro atoms. The number of nitrogens with one attached hydrogen (secondary N) is 1. The molecule has 1 atom stereocenters. The summed E-state index contributed by atoms with van der Waals surface area (Å²) in [5, 5.41) is 0. The lowest BCUT2D eigenvalue weighted by Crippen LogP contribution is -2.33. The topological polar surface area (TPSA) is 44.8 Å². The van der Waals surface area contributed by atoms with Gasteiger partial charge in [0.1, 0.15) is 6.10 Å². The summed E-state index contributed by atoms with van der Waals surface area (Å²) < 4.78 is 0. The van der Waals surface area contributed by atoms with Gasteiger partial charge in [0.05, 0.1) is 12.2 Å². The van der Waals surface area contributed by atoms with Crippen LogP contribution in [0.15, 0.2) is 23.4 Å². The van der Waals surface area contributed by atoms with E-state index in [0.29, 0.717) is 13.0 Å². The third kappa shape index (κ3) is 2.82. The van der Waals surface area contributed by atoms with Crippen molar-refractivity contribution in [2.24, 2.45) is 0 Å². The first-order valence-corrected chi connectivity index (χ1v) is 7.01. The summed E-state index contributed by atoms with van der Waals surface area (Å²) in [5.74, 6) is 0.252. The van der Waals surface area contributed by atoms with Crippen LogP contribution in [0.1, 0.15) is 19.3 Å². The molecule has 1 fully saturated rings. The number of likely N-dealkylation sites (N-methyl/N-ethyl adjacent to an activating group) is 1. The maximum Gasteiger partial charge on any atom is 0.222 e. The van der Waals surface area contributed by atoms with E-state index in [4.69, 9.17) is 4.84 Å². The molecule has 0 aromatic heterocycles. The molecule has 0 aromatic rings. The average molecular weight is 263 g/mol. The Kier molecular flexibility index (Phi) is 3.57. The van der Waals surface area contributed by atoms with E-state index in [9.17, 15) is 4.79 Å². The van der Waals surface area contributed by atoms with Gasteiger partial charge in [-0.15, -0.1) is 0 Å². The van der Waals surface area contributed by atoms with Crippen molar-refractivity contribution in [2.75, 3.05) is 33.2 Å². The quantitative estimate of drug-likeness (QED) is 0.812. The second-order valence-corrected chi connectivity index (χ2v) is 5.54. The number of rotatable bonds is 3. The van der Waals surface area contributed by atoms with Crippen molar-refractivity contribution in [3.05, 3.63) is 23.4 Å². The minimum Gasteiger partial charge on any atom is -0.340 e. The summed E-state index contributed by atoms with van der Waals surface area (Å²) in [6, 6.07) is 0. The summed E-state index contributed by atoms with van der Waals surface area (Å²) >= 11 is 0. The van der Waals surface area contributed by atoms with E-state index < -0.39 is 0 Å². The Labute approximate surface area is 113 Å². The van der Waals surface area contributed by atoms with Crippen molar-refractivity contribution in [2.45, 2.75) is 25.4 Å². The van der Waals surface area contributed by atoms with Gasteiger partial charge in [-0.2, -0.15) is 0 Å². The van der Waals surface area contributed by atoms with Gasteiger partial charge in [0.2, 0.25) is 5.91 Å². The Bertz CT molecular complexity index is 430. The SMILES string of the molecule is CN1CCC=C(C2=CC(CN3CCCC3=O)ON2)C1. The molecular weight excluding hydrogens is 242 g/mol. The van der Waals surface area contributed by atoms with Crippen molar-refractivity contribution in [3.8, 4) is 0 Å². The zero-order valence-electron chi connectivity index (χ0n) is 11.4. The number of nitrogens with zero attached hydrogens (tertiary/aromatic N) is 2. The van der Waals surface area contributed by atoms with Crippen molar-refractivity contribution in [1.29, 1.82) is 0 Å². The maximum absolute atomic E-state index is 11.6. The molecule has 0 radical (unpaired) electrons. The number of carbonyl (C=O) groups excluding carboxylic acids is 1. The molecule has 5 heteroatoms. The predicted octanol–water partition coefficient (Wildman–Crippen LogP) is 0.658. The Hall–Kier alpha value is -1.33. The largest absolute Gasteiger partial charge is 0.340 e. The second kappa shape index (κ2) is 5.35.